The highest BCUT2D eigenvalue weighted by molar-refractivity contribution is 5.91. The number of carbonyl (C=O) groups excluding carboxylic acids is 2. The van der Waals surface area contributed by atoms with Crippen molar-refractivity contribution in [1.29, 1.82) is 0 Å². The van der Waals surface area contributed by atoms with Gasteiger partial charge in [0, 0.05) is 38.9 Å². The van der Waals surface area contributed by atoms with Crippen molar-refractivity contribution >= 4 is 17.6 Å². The van der Waals surface area contributed by atoms with Crippen molar-refractivity contribution in [1.82, 2.24) is 10.2 Å². The number of nitrogens with zero attached hydrogens (tertiary/aromatic N) is 1. The molecule has 7 heteroatoms. The summed E-state index contributed by atoms with van der Waals surface area (Å²) in [5.74, 6) is -0.0788. The molecule has 1 aromatic carbocycles. The normalized spacial score (nSPS) is 17.0. The number of hydrogen-bond acceptors (Lipinski definition) is 3. The highest BCUT2D eigenvalue weighted by Crippen LogP contribution is 2.22. The molecule has 1 aliphatic rings. The summed E-state index contributed by atoms with van der Waals surface area (Å²) in [6.45, 7) is 4.17. The molecule has 2 N–H and O–H groups in total. The predicted octanol–water partition coefficient (Wildman–Crippen LogP) is 2.92. The molecule has 1 atom stereocenters. The number of piperidine rings is 1. The zero-order valence-electron chi connectivity index (χ0n) is 15.5. The third-order valence-corrected chi connectivity index (χ3v) is 4.63. The lowest BCUT2D eigenvalue weighted by Gasteiger charge is -2.32. The van der Waals surface area contributed by atoms with Crippen LogP contribution in [0.15, 0.2) is 18.2 Å². The van der Waals surface area contributed by atoms with Crippen LogP contribution in [0.1, 0.15) is 31.2 Å². The van der Waals surface area contributed by atoms with E-state index >= 15 is 0 Å². The summed E-state index contributed by atoms with van der Waals surface area (Å²) in [6, 6.07) is 4.24. The fraction of sp³-hybridized carbons (Fsp3) is 0.579. The van der Waals surface area contributed by atoms with E-state index in [4.69, 9.17) is 4.74 Å². The molecule has 1 fully saturated rings. The Kier molecular flexibility index (Phi) is 7.84. The molecule has 3 amide bonds. The Morgan fingerprint density at radius 2 is 2.19 bits per heavy atom. The lowest BCUT2D eigenvalue weighted by molar-refractivity contribution is -0.116. The van der Waals surface area contributed by atoms with Gasteiger partial charge >= 0.3 is 6.03 Å². The van der Waals surface area contributed by atoms with Crippen LogP contribution < -0.4 is 10.6 Å². The van der Waals surface area contributed by atoms with Crippen molar-refractivity contribution in [2.24, 2.45) is 5.92 Å². The molecule has 6 nitrogen and oxygen atoms in total. The third-order valence-electron chi connectivity index (χ3n) is 4.63. The molecule has 26 heavy (non-hydrogen) atoms. The van der Waals surface area contributed by atoms with Gasteiger partial charge in [0.25, 0.3) is 0 Å². The second-order valence-electron chi connectivity index (χ2n) is 6.73. The minimum atomic E-state index is -0.313. The van der Waals surface area contributed by atoms with Gasteiger partial charge in [-0.2, -0.15) is 0 Å². The number of anilines is 1. The average Bonchev–Trinajstić information content (AvgIpc) is 2.63. The topological polar surface area (TPSA) is 70.7 Å². The molecule has 144 valence electrons. The van der Waals surface area contributed by atoms with Crippen LogP contribution in [0.2, 0.25) is 0 Å². The van der Waals surface area contributed by atoms with Gasteiger partial charge in [-0.3, -0.25) is 4.79 Å². The number of likely N-dealkylation sites (tertiary alicyclic amines) is 1. The molecule has 0 aliphatic carbocycles. The van der Waals surface area contributed by atoms with Gasteiger partial charge in [-0.15, -0.1) is 0 Å². The Morgan fingerprint density at radius 3 is 2.92 bits per heavy atom. The van der Waals surface area contributed by atoms with Crippen molar-refractivity contribution in [3.63, 3.8) is 0 Å². The number of nitrogens with one attached hydrogen (secondary N) is 2. The van der Waals surface area contributed by atoms with Crippen LogP contribution in [0.25, 0.3) is 0 Å². The van der Waals surface area contributed by atoms with Gasteiger partial charge < -0.3 is 20.3 Å². The van der Waals surface area contributed by atoms with Crippen LogP contribution in [-0.2, 0) is 9.53 Å². The van der Waals surface area contributed by atoms with E-state index in [1.165, 1.54) is 12.1 Å². The van der Waals surface area contributed by atoms with E-state index in [0.29, 0.717) is 43.3 Å². The number of rotatable bonds is 7. The number of halogens is 1. The van der Waals surface area contributed by atoms with Gasteiger partial charge in [-0.05, 0) is 55.9 Å². The summed E-state index contributed by atoms with van der Waals surface area (Å²) in [6.07, 6.45) is 3.08. The SMILES string of the molecule is COCCNC(=O)N1CCC[C@H](CCC(=O)Nc2ccc(F)cc2C)C1. The zero-order valence-corrected chi connectivity index (χ0v) is 15.5. The van der Waals surface area contributed by atoms with Crippen molar-refractivity contribution in [3.8, 4) is 0 Å². The van der Waals surface area contributed by atoms with E-state index in [2.05, 4.69) is 10.6 Å². The Hall–Kier alpha value is -2.15. The number of amides is 3. The van der Waals surface area contributed by atoms with Gasteiger partial charge in [0.1, 0.15) is 5.82 Å². The van der Waals surface area contributed by atoms with Crippen LogP contribution >= 0.6 is 0 Å². The molecule has 1 saturated heterocycles. The van der Waals surface area contributed by atoms with Crippen molar-refractivity contribution in [2.45, 2.75) is 32.6 Å². The number of urea groups is 1. The fourth-order valence-corrected chi connectivity index (χ4v) is 3.17. The smallest absolute Gasteiger partial charge is 0.317 e. The van der Waals surface area contributed by atoms with Gasteiger partial charge in [-0.1, -0.05) is 0 Å². The van der Waals surface area contributed by atoms with E-state index in [-0.39, 0.29) is 17.8 Å². The number of ether oxygens (including phenoxy) is 1. The van der Waals surface area contributed by atoms with E-state index in [0.717, 1.165) is 25.8 Å². The number of aryl methyl sites for hydroxylation is 1. The lowest BCUT2D eigenvalue weighted by Crippen LogP contribution is -2.46. The van der Waals surface area contributed by atoms with Gasteiger partial charge in [0.05, 0.1) is 6.61 Å². The molecule has 1 aromatic rings. The third kappa shape index (κ3) is 6.29. The van der Waals surface area contributed by atoms with Crippen molar-refractivity contribution < 1.29 is 18.7 Å². The molecule has 0 saturated carbocycles. The maximum atomic E-state index is 13.1. The molecule has 2 rings (SSSR count). The molecule has 0 spiro atoms. The maximum absolute atomic E-state index is 13.1. The lowest BCUT2D eigenvalue weighted by atomic mass is 9.93. The van der Waals surface area contributed by atoms with E-state index in [1.807, 2.05) is 4.90 Å². The van der Waals surface area contributed by atoms with E-state index < -0.39 is 0 Å². The Balaban J connectivity index is 1.75. The summed E-state index contributed by atoms with van der Waals surface area (Å²) in [7, 11) is 1.60. The highest BCUT2D eigenvalue weighted by Gasteiger charge is 2.23. The molecular weight excluding hydrogens is 337 g/mol. The Bertz CT molecular complexity index is 624. The first kappa shape index (κ1) is 20.2. The molecule has 0 unspecified atom stereocenters. The molecule has 1 heterocycles. The van der Waals surface area contributed by atoms with Crippen LogP contribution in [0.3, 0.4) is 0 Å². The monoisotopic (exact) mass is 365 g/mol. The molecule has 0 bridgehead atoms. The summed E-state index contributed by atoms with van der Waals surface area (Å²) >= 11 is 0. The number of methoxy groups -OCH3 is 1. The fourth-order valence-electron chi connectivity index (χ4n) is 3.17. The van der Waals surface area contributed by atoms with E-state index in [9.17, 15) is 14.0 Å². The summed E-state index contributed by atoms with van der Waals surface area (Å²) in [5, 5.41) is 5.67. The van der Waals surface area contributed by atoms with Crippen LogP contribution in [0, 0.1) is 18.7 Å². The van der Waals surface area contributed by atoms with Gasteiger partial charge in [0.15, 0.2) is 0 Å². The first-order valence-electron chi connectivity index (χ1n) is 9.07. The van der Waals surface area contributed by atoms with Crippen LogP contribution in [0.4, 0.5) is 14.9 Å². The first-order chi connectivity index (χ1) is 12.5. The minimum absolute atomic E-state index is 0.0712. The van der Waals surface area contributed by atoms with E-state index in [1.54, 1.807) is 20.1 Å². The largest absolute Gasteiger partial charge is 0.383 e. The zero-order chi connectivity index (χ0) is 18.9. The Labute approximate surface area is 154 Å². The van der Waals surface area contributed by atoms with Gasteiger partial charge in [-0.25, -0.2) is 9.18 Å². The van der Waals surface area contributed by atoms with Gasteiger partial charge in [0.2, 0.25) is 5.91 Å². The quantitative estimate of drug-likeness (QED) is 0.730. The summed E-state index contributed by atoms with van der Waals surface area (Å²) in [4.78, 5) is 26.1. The number of carbonyl (C=O) groups is 2. The summed E-state index contributed by atoms with van der Waals surface area (Å²) in [5.41, 5.74) is 1.34. The molecule has 0 radical (unpaired) electrons. The highest BCUT2D eigenvalue weighted by atomic mass is 19.1. The molecule has 0 aromatic heterocycles. The summed E-state index contributed by atoms with van der Waals surface area (Å²) < 4.78 is 18.0. The Morgan fingerprint density at radius 1 is 1.38 bits per heavy atom. The number of hydrogen-bond donors (Lipinski definition) is 2. The van der Waals surface area contributed by atoms with Crippen molar-refractivity contribution in [2.75, 3.05) is 38.7 Å². The molecule has 1 aliphatic heterocycles. The second-order valence-corrected chi connectivity index (χ2v) is 6.73. The second kappa shape index (κ2) is 10.1. The standard InChI is InChI=1S/C19H28FN3O3/c1-14-12-16(20)6-7-17(14)22-18(24)8-5-15-4-3-10-23(13-15)19(25)21-9-11-26-2/h6-7,12,15H,3-5,8-11,13H2,1-2H3,(H,21,25)(H,22,24)/t15-/m1/s1. The average molecular weight is 365 g/mol. The van der Waals surface area contributed by atoms with Crippen LogP contribution in [0.5, 0.6) is 0 Å². The number of benzene rings is 1. The minimum Gasteiger partial charge on any atom is -0.383 e. The molecular formula is C19H28FN3O3. The predicted molar refractivity (Wildman–Crippen MR) is 98.6 cm³/mol. The van der Waals surface area contributed by atoms with Crippen LogP contribution in [-0.4, -0.2) is 50.2 Å². The first-order valence-corrected chi connectivity index (χ1v) is 9.07. The van der Waals surface area contributed by atoms with Crippen molar-refractivity contribution in [3.05, 3.63) is 29.6 Å². The maximum Gasteiger partial charge on any atom is 0.317 e.